The van der Waals surface area contributed by atoms with Gasteiger partial charge in [0.1, 0.15) is 0 Å². The van der Waals surface area contributed by atoms with Crippen molar-refractivity contribution < 1.29 is 19.1 Å². The molecule has 0 heterocycles. The molecule has 0 amide bonds. The molecule has 4 aliphatic carbocycles. The molecule has 6 rings (SSSR count). The third kappa shape index (κ3) is 3.25. The molecule has 33 heavy (non-hydrogen) atoms. The van der Waals surface area contributed by atoms with Crippen LogP contribution in [0.1, 0.15) is 57.1 Å². The predicted octanol–water partition coefficient (Wildman–Crippen LogP) is 9.46. The van der Waals surface area contributed by atoms with Gasteiger partial charge >= 0.3 is 214 Å². The summed E-state index contributed by atoms with van der Waals surface area (Å²) in [5, 5.41) is 0. The van der Waals surface area contributed by atoms with E-state index >= 15 is 0 Å². The van der Waals surface area contributed by atoms with Crippen molar-refractivity contribution in [3.8, 4) is 11.1 Å². The van der Waals surface area contributed by atoms with Gasteiger partial charge in [-0.15, -0.1) is 0 Å². The maximum absolute atomic E-state index is 6.85. The molecule has 2 atom stereocenters. The van der Waals surface area contributed by atoms with Crippen molar-refractivity contribution in [3.63, 3.8) is 0 Å². The first-order valence-corrected chi connectivity index (χ1v) is 23.2. The van der Waals surface area contributed by atoms with Crippen LogP contribution < -0.4 is 0 Å². The molecule has 1 fully saturated rings. The first-order chi connectivity index (χ1) is 16.0. The van der Waals surface area contributed by atoms with Crippen LogP contribution in [-0.4, -0.2) is 0 Å². The zero-order chi connectivity index (χ0) is 22.9. The molecular weight excluding hydrogens is 610 g/mol. The van der Waals surface area contributed by atoms with E-state index in [2.05, 4.69) is 81.5 Å². The molecule has 167 valence electrons. The van der Waals surface area contributed by atoms with Crippen LogP contribution in [0.4, 0.5) is 0 Å². The molecular formula is C30H29Cl2Hf. The molecule has 2 bridgehead atoms. The third-order valence-corrected chi connectivity index (χ3v) is 15.7. The molecule has 3 heteroatoms. The maximum atomic E-state index is 6.85. The van der Waals surface area contributed by atoms with E-state index in [-0.39, 0.29) is 0 Å². The summed E-state index contributed by atoms with van der Waals surface area (Å²) >= 11 is -2.70. The Morgan fingerprint density at radius 1 is 0.879 bits per heavy atom. The van der Waals surface area contributed by atoms with E-state index in [1.165, 1.54) is 33.4 Å². The van der Waals surface area contributed by atoms with Crippen LogP contribution in [0.3, 0.4) is 0 Å². The number of halogens is 2. The van der Waals surface area contributed by atoms with Gasteiger partial charge in [-0.1, -0.05) is 0 Å². The molecule has 2 aromatic carbocycles. The Labute approximate surface area is 212 Å². The third-order valence-electron chi connectivity index (χ3n) is 8.24. The summed E-state index contributed by atoms with van der Waals surface area (Å²) in [5.74, 6) is 1.34. The van der Waals surface area contributed by atoms with Gasteiger partial charge in [-0.2, -0.15) is 0 Å². The topological polar surface area (TPSA) is 0 Å². The minimum atomic E-state index is -2.70. The van der Waals surface area contributed by atoms with Gasteiger partial charge in [0.15, 0.2) is 0 Å². The second-order valence-electron chi connectivity index (χ2n) is 10.1. The quantitative estimate of drug-likeness (QED) is 0.293. The van der Waals surface area contributed by atoms with Crippen LogP contribution in [-0.2, 0) is 19.1 Å². The number of hydrogen-bond donors (Lipinski definition) is 0. The fourth-order valence-corrected chi connectivity index (χ4v) is 15.2. The van der Waals surface area contributed by atoms with E-state index in [1.807, 2.05) is 0 Å². The standard InChI is InChI=1S/C30H29.2ClH.Hf/c1-4-19-17-20-13-14-27(26-16-15-21(19)29(20)28(26)18(2)3)30-24-11-7-5-9-22(24)23-10-6-8-12-25(23)30;;;/h5-14,17-18,28,30H,4,15-16H2,1-3H3;2*1H;/q;;;+2/p-2. The molecule has 0 spiro atoms. The second kappa shape index (κ2) is 8.51. The molecule has 0 aliphatic heterocycles. The zero-order valence-corrected chi connectivity index (χ0v) is 24.6. The molecule has 0 saturated heterocycles. The van der Waals surface area contributed by atoms with Crippen molar-refractivity contribution in [3.05, 3.63) is 105 Å². The van der Waals surface area contributed by atoms with E-state index < -0.39 is 19.1 Å². The van der Waals surface area contributed by atoms with Crippen molar-refractivity contribution in [2.24, 2.45) is 11.8 Å². The van der Waals surface area contributed by atoms with E-state index in [1.54, 1.807) is 22.3 Å². The zero-order valence-electron chi connectivity index (χ0n) is 19.5. The first kappa shape index (κ1) is 22.3. The van der Waals surface area contributed by atoms with Crippen LogP contribution in [0.15, 0.2) is 94.1 Å². The van der Waals surface area contributed by atoms with Gasteiger partial charge in [0, 0.05) is 0 Å². The van der Waals surface area contributed by atoms with Crippen molar-refractivity contribution in [1.29, 1.82) is 0 Å². The Morgan fingerprint density at radius 3 is 2.06 bits per heavy atom. The molecule has 2 unspecified atom stereocenters. The van der Waals surface area contributed by atoms with Crippen LogP contribution in [0.5, 0.6) is 0 Å². The number of rotatable bonds is 4. The average Bonchev–Trinajstić information content (AvgIpc) is 3.29. The Hall–Kier alpha value is -1.15. The average molecular weight is 639 g/mol. The molecule has 0 radical (unpaired) electrons. The minimum absolute atomic E-state index is 0.311. The summed E-state index contributed by atoms with van der Waals surface area (Å²) < 4.78 is 0.340. The molecule has 1 saturated carbocycles. The molecule has 0 nitrogen and oxygen atoms in total. The van der Waals surface area contributed by atoms with Crippen LogP contribution in [0, 0.1) is 11.8 Å². The SMILES string of the molecule is CCC1=C2CCC3=C(C4c5ccccc5-c5ccccc54)C=CC(=C2C3C(C)C)[CH]1[Hf]([Cl])[Cl]. The van der Waals surface area contributed by atoms with Crippen molar-refractivity contribution in [2.45, 2.75) is 49.6 Å². The fourth-order valence-electron chi connectivity index (χ4n) is 7.09. The molecule has 4 aliphatic rings. The number of allylic oxidation sites excluding steroid dienone is 8. The summed E-state index contributed by atoms with van der Waals surface area (Å²) in [4.78, 5) is 0. The van der Waals surface area contributed by atoms with E-state index in [4.69, 9.17) is 17.2 Å². The Kier molecular flexibility index (Phi) is 5.75. The summed E-state index contributed by atoms with van der Waals surface area (Å²) in [6, 6.07) is 18.0. The summed E-state index contributed by atoms with van der Waals surface area (Å²) in [5.41, 5.74) is 15.1. The Bertz CT molecular complexity index is 1230. The normalized spacial score (nSPS) is 23.5. The summed E-state index contributed by atoms with van der Waals surface area (Å²) in [6.07, 6.45) is 8.27. The predicted molar refractivity (Wildman–Crippen MR) is 137 cm³/mol. The van der Waals surface area contributed by atoms with E-state index in [0.29, 0.717) is 21.4 Å². The van der Waals surface area contributed by atoms with Crippen LogP contribution in [0.25, 0.3) is 11.1 Å². The van der Waals surface area contributed by atoms with Gasteiger partial charge in [-0.05, 0) is 0 Å². The van der Waals surface area contributed by atoms with Crippen molar-refractivity contribution in [1.82, 2.24) is 0 Å². The van der Waals surface area contributed by atoms with Gasteiger partial charge in [0.2, 0.25) is 0 Å². The monoisotopic (exact) mass is 639 g/mol. The molecule has 0 N–H and O–H groups in total. The summed E-state index contributed by atoms with van der Waals surface area (Å²) in [6.45, 7) is 7.10. The number of fused-ring (bicyclic) bond motifs is 4. The van der Waals surface area contributed by atoms with Gasteiger partial charge < -0.3 is 0 Å². The Balaban J connectivity index is 1.59. The van der Waals surface area contributed by atoms with Gasteiger partial charge in [-0.25, -0.2) is 0 Å². The molecule has 0 aromatic heterocycles. The second-order valence-corrected chi connectivity index (χ2v) is 22.5. The van der Waals surface area contributed by atoms with Gasteiger partial charge in [0.25, 0.3) is 0 Å². The number of hydrogen-bond acceptors (Lipinski definition) is 0. The van der Waals surface area contributed by atoms with Gasteiger partial charge in [-0.3, -0.25) is 0 Å². The van der Waals surface area contributed by atoms with E-state index in [9.17, 15) is 0 Å². The van der Waals surface area contributed by atoms with Gasteiger partial charge in [0.05, 0.1) is 0 Å². The fraction of sp³-hybridized carbons (Fsp3) is 0.333. The summed E-state index contributed by atoms with van der Waals surface area (Å²) in [7, 11) is 13.7. The first-order valence-electron chi connectivity index (χ1n) is 12.3. The van der Waals surface area contributed by atoms with E-state index in [0.717, 1.165) is 19.3 Å². The van der Waals surface area contributed by atoms with Crippen molar-refractivity contribution >= 4 is 17.2 Å². The number of benzene rings is 2. The Morgan fingerprint density at radius 2 is 1.48 bits per heavy atom. The van der Waals surface area contributed by atoms with Crippen molar-refractivity contribution in [2.75, 3.05) is 0 Å². The van der Waals surface area contributed by atoms with Crippen LogP contribution in [0.2, 0.25) is 3.67 Å². The van der Waals surface area contributed by atoms with Crippen LogP contribution >= 0.6 is 17.2 Å². The molecule has 2 aromatic rings.